The van der Waals surface area contributed by atoms with E-state index in [1.54, 1.807) is 19.1 Å². The average molecular weight is 436 g/mol. The molecule has 0 saturated carbocycles. The van der Waals surface area contributed by atoms with Gasteiger partial charge in [0.15, 0.2) is 0 Å². The first kappa shape index (κ1) is 20.9. The topological polar surface area (TPSA) is 99.0 Å². The molecule has 3 rings (SSSR count). The summed E-state index contributed by atoms with van der Waals surface area (Å²) in [5.41, 5.74) is 1.74. The molecule has 0 fully saturated rings. The van der Waals surface area contributed by atoms with Crippen molar-refractivity contribution < 1.29 is 18.7 Å². The Morgan fingerprint density at radius 2 is 2.00 bits per heavy atom. The van der Waals surface area contributed by atoms with Crippen molar-refractivity contribution in [1.82, 2.24) is 20.2 Å². The number of halogens is 1. The molecule has 0 aliphatic carbocycles. The molecule has 152 valence electrons. The van der Waals surface area contributed by atoms with E-state index in [4.69, 9.17) is 4.74 Å². The van der Waals surface area contributed by atoms with Gasteiger partial charge in [0.2, 0.25) is 11.1 Å². The zero-order chi connectivity index (χ0) is 21.0. The molecule has 0 aliphatic heterocycles. The van der Waals surface area contributed by atoms with Gasteiger partial charge >= 0.3 is 5.97 Å². The molecule has 29 heavy (non-hydrogen) atoms. The monoisotopic (exact) mass is 435 g/mol. The molecule has 8 nitrogen and oxygen atoms in total. The highest BCUT2D eigenvalue weighted by Crippen LogP contribution is 2.33. The van der Waals surface area contributed by atoms with E-state index in [0.29, 0.717) is 21.4 Å². The molecule has 2 heterocycles. The predicted octanol–water partition coefficient (Wildman–Crippen LogP) is 3.39. The number of anilines is 1. The lowest BCUT2D eigenvalue weighted by atomic mass is 10.1. The van der Waals surface area contributed by atoms with Crippen LogP contribution >= 0.6 is 23.1 Å². The Bertz CT molecular complexity index is 1030. The van der Waals surface area contributed by atoms with E-state index in [2.05, 4.69) is 20.8 Å². The van der Waals surface area contributed by atoms with Crippen molar-refractivity contribution in [3.63, 3.8) is 0 Å². The van der Waals surface area contributed by atoms with Gasteiger partial charge in [-0.2, -0.15) is 4.68 Å². The van der Waals surface area contributed by atoms with Crippen molar-refractivity contribution >= 4 is 40.0 Å². The summed E-state index contributed by atoms with van der Waals surface area (Å²) in [6.07, 6.45) is 0. The van der Waals surface area contributed by atoms with Crippen LogP contribution in [0.5, 0.6) is 0 Å². The first-order valence-electron chi connectivity index (χ1n) is 8.64. The van der Waals surface area contributed by atoms with Crippen LogP contribution in [0.25, 0.3) is 5.69 Å². The van der Waals surface area contributed by atoms with Crippen LogP contribution in [-0.2, 0) is 9.53 Å². The molecular weight excluding hydrogens is 417 g/mol. The molecular formula is C18H18FN5O3S2. The van der Waals surface area contributed by atoms with Gasteiger partial charge in [0.05, 0.1) is 23.6 Å². The summed E-state index contributed by atoms with van der Waals surface area (Å²) in [6.45, 7) is 5.68. The van der Waals surface area contributed by atoms with Gasteiger partial charge in [0.1, 0.15) is 10.8 Å². The van der Waals surface area contributed by atoms with Gasteiger partial charge in [0, 0.05) is 4.88 Å². The van der Waals surface area contributed by atoms with Crippen LogP contribution < -0.4 is 5.32 Å². The van der Waals surface area contributed by atoms with Crippen LogP contribution in [0.15, 0.2) is 29.4 Å². The second kappa shape index (κ2) is 9.14. The van der Waals surface area contributed by atoms with Crippen LogP contribution in [0.3, 0.4) is 0 Å². The number of tetrazole rings is 1. The van der Waals surface area contributed by atoms with Gasteiger partial charge in [0.25, 0.3) is 0 Å². The van der Waals surface area contributed by atoms with Gasteiger partial charge in [-0.25, -0.2) is 9.18 Å². The molecule has 0 radical (unpaired) electrons. The van der Waals surface area contributed by atoms with E-state index in [1.807, 2.05) is 13.8 Å². The lowest BCUT2D eigenvalue weighted by Gasteiger charge is -2.07. The number of nitrogens with one attached hydrogen (secondary N) is 1. The summed E-state index contributed by atoms with van der Waals surface area (Å²) in [7, 11) is 0. The molecule has 1 aromatic carbocycles. The third-order valence-electron chi connectivity index (χ3n) is 3.96. The first-order chi connectivity index (χ1) is 13.9. The van der Waals surface area contributed by atoms with Crippen molar-refractivity contribution in [2.45, 2.75) is 25.9 Å². The number of ether oxygens (including phenoxy) is 1. The number of aryl methyl sites for hydroxylation is 1. The fourth-order valence-electron chi connectivity index (χ4n) is 2.47. The molecule has 2 aromatic heterocycles. The highest BCUT2D eigenvalue weighted by atomic mass is 32.2. The Morgan fingerprint density at radius 1 is 1.28 bits per heavy atom. The van der Waals surface area contributed by atoms with E-state index in [1.165, 1.54) is 28.2 Å². The Hall–Kier alpha value is -2.79. The smallest absolute Gasteiger partial charge is 0.341 e. The van der Waals surface area contributed by atoms with Crippen LogP contribution in [0.4, 0.5) is 9.39 Å². The number of nitrogens with zero attached hydrogens (tertiary/aromatic N) is 4. The molecule has 0 unspecified atom stereocenters. The SMILES string of the molecule is CCOC(=O)c1c(NC(=O)CSc2nnnn2-c2ccc(F)cc2)sc(C)c1C. The van der Waals surface area contributed by atoms with Crippen molar-refractivity contribution in [1.29, 1.82) is 0 Å². The predicted molar refractivity (Wildman–Crippen MR) is 108 cm³/mol. The van der Waals surface area contributed by atoms with Gasteiger partial charge < -0.3 is 10.1 Å². The van der Waals surface area contributed by atoms with E-state index < -0.39 is 5.97 Å². The molecule has 0 saturated heterocycles. The Balaban J connectivity index is 1.69. The lowest BCUT2D eigenvalue weighted by Crippen LogP contribution is -2.16. The fraction of sp³-hybridized carbons (Fsp3) is 0.278. The summed E-state index contributed by atoms with van der Waals surface area (Å²) in [4.78, 5) is 25.6. The summed E-state index contributed by atoms with van der Waals surface area (Å²) < 4.78 is 19.6. The second-order valence-corrected chi connectivity index (χ2v) is 8.06. The van der Waals surface area contributed by atoms with Crippen LogP contribution in [0.2, 0.25) is 0 Å². The number of amides is 1. The van der Waals surface area contributed by atoms with Crippen LogP contribution in [-0.4, -0.2) is 44.4 Å². The molecule has 1 amide bonds. The van der Waals surface area contributed by atoms with Crippen LogP contribution in [0.1, 0.15) is 27.7 Å². The van der Waals surface area contributed by atoms with Crippen molar-refractivity contribution in [3.05, 3.63) is 46.1 Å². The third kappa shape index (κ3) is 4.80. The molecule has 0 bridgehead atoms. The number of aromatic nitrogens is 4. The molecule has 3 aromatic rings. The maximum Gasteiger partial charge on any atom is 0.341 e. The van der Waals surface area contributed by atoms with E-state index in [0.717, 1.165) is 22.2 Å². The normalized spacial score (nSPS) is 10.8. The molecule has 0 aliphatic rings. The van der Waals surface area contributed by atoms with Crippen molar-refractivity contribution in [3.8, 4) is 5.69 Å². The number of thioether (sulfide) groups is 1. The minimum atomic E-state index is -0.461. The van der Waals surface area contributed by atoms with E-state index in [9.17, 15) is 14.0 Å². The minimum absolute atomic E-state index is 0.0276. The Kier molecular flexibility index (Phi) is 6.60. The summed E-state index contributed by atoms with van der Waals surface area (Å²) in [5, 5.41) is 15.0. The number of benzene rings is 1. The first-order valence-corrected chi connectivity index (χ1v) is 10.4. The highest BCUT2D eigenvalue weighted by molar-refractivity contribution is 7.99. The highest BCUT2D eigenvalue weighted by Gasteiger charge is 2.22. The lowest BCUT2D eigenvalue weighted by molar-refractivity contribution is -0.113. The Labute approximate surface area is 174 Å². The molecule has 0 spiro atoms. The van der Waals surface area contributed by atoms with E-state index >= 15 is 0 Å². The number of carbonyl (C=O) groups excluding carboxylic acids is 2. The standard InChI is InChI=1S/C18H18FN5O3S2/c1-4-27-17(26)15-10(2)11(3)29-16(15)20-14(25)9-28-18-21-22-23-24(18)13-7-5-12(19)6-8-13/h5-8H,4,9H2,1-3H3,(H,20,25). The average Bonchev–Trinajstić information content (AvgIpc) is 3.25. The summed E-state index contributed by atoms with van der Waals surface area (Å²) >= 11 is 2.45. The molecule has 1 N–H and O–H groups in total. The van der Waals surface area contributed by atoms with Crippen molar-refractivity contribution in [2.24, 2.45) is 0 Å². The zero-order valence-electron chi connectivity index (χ0n) is 15.9. The number of thiophene rings is 1. The number of esters is 1. The largest absolute Gasteiger partial charge is 0.462 e. The minimum Gasteiger partial charge on any atom is -0.462 e. The van der Waals surface area contributed by atoms with Gasteiger partial charge in [-0.1, -0.05) is 11.8 Å². The molecule has 11 heteroatoms. The van der Waals surface area contributed by atoms with Gasteiger partial charge in [-0.3, -0.25) is 4.79 Å². The summed E-state index contributed by atoms with van der Waals surface area (Å²) in [6, 6.07) is 5.68. The third-order valence-corrected chi connectivity index (χ3v) is 6.00. The maximum atomic E-state index is 13.1. The van der Waals surface area contributed by atoms with Gasteiger partial charge in [-0.05, 0) is 61.0 Å². The Morgan fingerprint density at radius 3 is 2.69 bits per heavy atom. The van der Waals surface area contributed by atoms with Gasteiger partial charge in [-0.15, -0.1) is 16.4 Å². The van der Waals surface area contributed by atoms with Crippen molar-refractivity contribution in [2.75, 3.05) is 17.7 Å². The van der Waals surface area contributed by atoms with E-state index in [-0.39, 0.29) is 24.1 Å². The number of carbonyl (C=O) groups is 2. The molecule has 0 atom stereocenters. The van der Waals surface area contributed by atoms with Crippen LogP contribution in [0, 0.1) is 19.7 Å². The number of hydrogen-bond acceptors (Lipinski definition) is 8. The maximum absolute atomic E-state index is 13.1. The quantitative estimate of drug-likeness (QED) is 0.449. The second-order valence-electron chi connectivity index (χ2n) is 5.89. The fourth-order valence-corrected chi connectivity index (χ4v) is 4.23. The summed E-state index contributed by atoms with van der Waals surface area (Å²) in [5.74, 6) is -1.11. The number of hydrogen-bond donors (Lipinski definition) is 1. The zero-order valence-corrected chi connectivity index (χ0v) is 17.6. The number of rotatable bonds is 7.